The van der Waals surface area contributed by atoms with Gasteiger partial charge in [0, 0.05) is 6.08 Å². The average Bonchev–Trinajstić information content (AvgIpc) is 1.97. The molecule has 0 spiro atoms. The van der Waals surface area contributed by atoms with Crippen LogP contribution in [0.5, 0.6) is 0 Å². The van der Waals surface area contributed by atoms with Gasteiger partial charge in [0.15, 0.2) is 5.78 Å². The molecule has 66 valence electrons. The maximum Gasteiger partial charge on any atom is 0.160 e. The van der Waals surface area contributed by atoms with Crippen molar-refractivity contribution in [1.82, 2.24) is 0 Å². The van der Waals surface area contributed by atoms with Crippen LogP contribution < -0.4 is 0 Å². The van der Waals surface area contributed by atoms with Crippen molar-refractivity contribution in [1.29, 1.82) is 0 Å². The monoisotopic (exact) mass is 164 g/mol. The van der Waals surface area contributed by atoms with E-state index >= 15 is 0 Å². The van der Waals surface area contributed by atoms with Gasteiger partial charge in [-0.05, 0) is 30.3 Å². The van der Waals surface area contributed by atoms with E-state index in [0.29, 0.717) is 0 Å². The number of rotatable bonds is 1. The normalized spacial score (nSPS) is 25.7. The standard InChI is InChI=1S/C11H16O/c1-8-7-10(11(8,3)4)6-5-9(2)12/h5,8H,7H2,1-4H3. The van der Waals surface area contributed by atoms with E-state index in [1.807, 2.05) is 0 Å². The third-order valence-electron chi connectivity index (χ3n) is 2.97. The Labute approximate surface area is 74.2 Å². The molecule has 0 heterocycles. The van der Waals surface area contributed by atoms with Crippen LogP contribution in [0.3, 0.4) is 0 Å². The summed E-state index contributed by atoms with van der Waals surface area (Å²) in [7, 11) is 0. The summed E-state index contributed by atoms with van der Waals surface area (Å²) in [6.07, 6.45) is 2.64. The third kappa shape index (κ3) is 1.51. The van der Waals surface area contributed by atoms with Crippen LogP contribution in [0.15, 0.2) is 17.4 Å². The largest absolute Gasteiger partial charge is 0.294 e. The van der Waals surface area contributed by atoms with Crippen LogP contribution in [0.2, 0.25) is 0 Å². The molecule has 1 nitrogen and oxygen atoms in total. The molecular formula is C11H16O. The second-order valence-electron chi connectivity index (χ2n) is 4.20. The van der Waals surface area contributed by atoms with Crippen molar-refractivity contribution < 1.29 is 4.79 Å². The number of allylic oxidation sites excluding steroid dienone is 1. The Morgan fingerprint density at radius 2 is 2.25 bits per heavy atom. The maximum absolute atomic E-state index is 10.6. The fourth-order valence-corrected chi connectivity index (χ4v) is 1.42. The summed E-state index contributed by atoms with van der Waals surface area (Å²) in [6.45, 7) is 8.20. The Morgan fingerprint density at radius 3 is 2.58 bits per heavy atom. The molecule has 12 heavy (non-hydrogen) atoms. The van der Waals surface area contributed by atoms with Crippen LogP contribution in [0.4, 0.5) is 0 Å². The molecule has 1 aliphatic carbocycles. The van der Waals surface area contributed by atoms with E-state index in [-0.39, 0.29) is 11.2 Å². The Balaban J connectivity index is 2.82. The van der Waals surface area contributed by atoms with Gasteiger partial charge in [-0.2, -0.15) is 0 Å². The van der Waals surface area contributed by atoms with Crippen LogP contribution >= 0.6 is 0 Å². The van der Waals surface area contributed by atoms with Crippen molar-refractivity contribution >= 4 is 5.78 Å². The Morgan fingerprint density at radius 1 is 1.67 bits per heavy atom. The molecule has 1 unspecified atom stereocenters. The van der Waals surface area contributed by atoms with E-state index < -0.39 is 0 Å². The van der Waals surface area contributed by atoms with Crippen LogP contribution in [0.25, 0.3) is 0 Å². The predicted molar refractivity (Wildman–Crippen MR) is 49.8 cm³/mol. The minimum Gasteiger partial charge on any atom is -0.294 e. The minimum absolute atomic E-state index is 0.0813. The van der Waals surface area contributed by atoms with Gasteiger partial charge in [-0.15, -0.1) is 5.73 Å². The second-order valence-corrected chi connectivity index (χ2v) is 4.20. The summed E-state index contributed by atoms with van der Waals surface area (Å²) < 4.78 is 0. The van der Waals surface area contributed by atoms with Gasteiger partial charge in [0.05, 0.1) is 0 Å². The number of hydrogen-bond acceptors (Lipinski definition) is 1. The minimum atomic E-state index is 0.0813. The van der Waals surface area contributed by atoms with Crippen molar-refractivity contribution in [2.75, 3.05) is 0 Å². The van der Waals surface area contributed by atoms with Gasteiger partial charge in [-0.25, -0.2) is 0 Å². The van der Waals surface area contributed by atoms with E-state index in [4.69, 9.17) is 0 Å². The molecule has 0 aliphatic heterocycles. The van der Waals surface area contributed by atoms with Crippen molar-refractivity contribution in [2.24, 2.45) is 11.3 Å². The van der Waals surface area contributed by atoms with Crippen LogP contribution in [0.1, 0.15) is 34.1 Å². The Kier molecular flexibility index (Phi) is 2.25. The molecule has 1 saturated carbocycles. The van der Waals surface area contributed by atoms with Crippen molar-refractivity contribution in [3.8, 4) is 0 Å². The lowest BCUT2D eigenvalue weighted by Crippen LogP contribution is -2.35. The lowest BCUT2D eigenvalue weighted by molar-refractivity contribution is -0.112. The highest BCUT2D eigenvalue weighted by Crippen LogP contribution is 2.49. The van der Waals surface area contributed by atoms with Gasteiger partial charge in [-0.1, -0.05) is 20.8 Å². The molecule has 0 bridgehead atoms. The smallest absolute Gasteiger partial charge is 0.160 e. The molecule has 0 radical (unpaired) electrons. The maximum atomic E-state index is 10.6. The molecule has 1 fully saturated rings. The van der Waals surface area contributed by atoms with E-state index in [1.165, 1.54) is 5.57 Å². The van der Waals surface area contributed by atoms with E-state index in [2.05, 4.69) is 26.5 Å². The third-order valence-corrected chi connectivity index (χ3v) is 2.97. The van der Waals surface area contributed by atoms with Crippen molar-refractivity contribution in [2.45, 2.75) is 34.1 Å². The summed E-state index contributed by atoms with van der Waals surface area (Å²) in [5, 5.41) is 0. The first-order valence-electron chi connectivity index (χ1n) is 4.41. The highest BCUT2D eigenvalue weighted by atomic mass is 16.1. The molecular weight excluding hydrogens is 148 g/mol. The first kappa shape index (κ1) is 9.28. The second kappa shape index (κ2) is 2.91. The molecule has 0 aromatic rings. The molecule has 1 atom stereocenters. The topological polar surface area (TPSA) is 17.1 Å². The van der Waals surface area contributed by atoms with Crippen LogP contribution in [0, 0.1) is 11.3 Å². The van der Waals surface area contributed by atoms with E-state index in [9.17, 15) is 4.79 Å². The molecule has 1 rings (SSSR count). The SMILES string of the molecule is CC(=O)C=C=C1CC(C)C1(C)C. The zero-order chi connectivity index (χ0) is 9.35. The molecule has 1 aliphatic rings. The molecule has 0 saturated heterocycles. The van der Waals surface area contributed by atoms with Crippen molar-refractivity contribution in [3.05, 3.63) is 17.4 Å². The molecule has 0 amide bonds. The van der Waals surface area contributed by atoms with Gasteiger partial charge in [0.1, 0.15) is 0 Å². The summed E-state index contributed by atoms with van der Waals surface area (Å²) in [5.41, 5.74) is 4.62. The number of ketones is 1. The molecule has 0 aromatic heterocycles. The molecule has 0 aromatic carbocycles. The fraction of sp³-hybridized carbons (Fsp3) is 0.636. The first-order valence-corrected chi connectivity index (χ1v) is 4.41. The number of carbonyl (C=O) groups excluding carboxylic acids is 1. The van der Waals surface area contributed by atoms with Gasteiger partial charge in [-0.3, -0.25) is 4.79 Å². The summed E-state index contributed by atoms with van der Waals surface area (Å²) in [6, 6.07) is 0. The number of carbonyl (C=O) groups is 1. The van der Waals surface area contributed by atoms with Gasteiger partial charge < -0.3 is 0 Å². The van der Waals surface area contributed by atoms with Crippen LogP contribution in [-0.4, -0.2) is 5.78 Å². The lowest BCUT2D eigenvalue weighted by atomic mass is 9.60. The molecule has 0 N–H and O–H groups in total. The quantitative estimate of drug-likeness (QED) is 0.430. The summed E-state index contributed by atoms with van der Waals surface area (Å²) in [5.74, 6) is 0.804. The number of hydrogen-bond donors (Lipinski definition) is 0. The first-order chi connectivity index (χ1) is 5.44. The van der Waals surface area contributed by atoms with E-state index in [1.54, 1.807) is 13.0 Å². The fourth-order valence-electron chi connectivity index (χ4n) is 1.42. The van der Waals surface area contributed by atoms with Gasteiger partial charge in [0.2, 0.25) is 0 Å². The van der Waals surface area contributed by atoms with E-state index in [0.717, 1.165) is 12.3 Å². The summed E-state index contributed by atoms with van der Waals surface area (Å²) >= 11 is 0. The van der Waals surface area contributed by atoms with Crippen molar-refractivity contribution in [3.63, 3.8) is 0 Å². The molecule has 1 heteroatoms. The zero-order valence-corrected chi connectivity index (χ0v) is 8.27. The van der Waals surface area contributed by atoms with Gasteiger partial charge in [0.25, 0.3) is 0 Å². The highest BCUT2D eigenvalue weighted by molar-refractivity contribution is 5.87. The predicted octanol–water partition coefficient (Wildman–Crippen LogP) is 2.72. The highest BCUT2D eigenvalue weighted by Gasteiger charge is 2.39. The van der Waals surface area contributed by atoms with Gasteiger partial charge >= 0.3 is 0 Å². The average molecular weight is 164 g/mol. The Bertz CT molecular complexity index is 265. The zero-order valence-electron chi connectivity index (χ0n) is 8.27. The Hall–Kier alpha value is -0.810. The van der Waals surface area contributed by atoms with Crippen LogP contribution in [-0.2, 0) is 4.79 Å². The summed E-state index contributed by atoms with van der Waals surface area (Å²) in [4.78, 5) is 10.6. The lowest BCUT2D eigenvalue weighted by Gasteiger charge is -2.44.